The van der Waals surface area contributed by atoms with E-state index >= 15 is 0 Å². The van der Waals surface area contributed by atoms with Gasteiger partial charge in [0.2, 0.25) is 10.0 Å². The zero-order valence-corrected chi connectivity index (χ0v) is 11.4. The van der Waals surface area contributed by atoms with E-state index in [1.807, 2.05) is 6.92 Å². The second kappa shape index (κ2) is 5.49. The molecule has 0 aliphatic heterocycles. The number of aryl methyl sites for hydroxylation is 1. The van der Waals surface area contributed by atoms with Gasteiger partial charge in [-0.15, -0.1) is 0 Å². The molecule has 0 fully saturated rings. The third kappa shape index (κ3) is 3.30. The third-order valence-electron chi connectivity index (χ3n) is 2.79. The van der Waals surface area contributed by atoms with Crippen LogP contribution in [0.2, 0.25) is 0 Å². The van der Waals surface area contributed by atoms with Gasteiger partial charge >= 0.3 is 5.97 Å². The van der Waals surface area contributed by atoms with Gasteiger partial charge in [0.15, 0.2) is 0 Å². The van der Waals surface area contributed by atoms with Crippen molar-refractivity contribution >= 4 is 16.0 Å². The van der Waals surface area contributed by atoms with E-state index < -0.39 is 22.0 Å². The summed E-state index contributed by atoms with van der Waals surface area (Å²) in [5.41, 5.74) is 0.968. The smallest absolute Gasteiger partial charge is 0.304 e. The molecule has 6 heteroatoms. The van der Waals surface area contributed by atoms with Crippen molar-refractivity contribution in [1.82, 2.24) is 4.31 Å². The molecule has 0 saturated carbocycles. The molecule has 0 aliphatic carbocycles. The van der Waals surface area contributed by atoms with Crippen LogP contribution < -0.4 is 0 Å². The Hall–Kier alpha value is -1.40. The maximum atomic E-state index is 12.2. The van der Waals surface area contributed by atoms with Gasteiger partial charge in [0.05, 0.1) is 11.3 Å². The minimum atomic E-state index is -3.63. The van der Waals surface area contributed by atoms with Gasteiger partial charge in [-0.2, -0.15) is 4.31 Å². The molecule has 1 aromatic rings. The highest BCUT2D eigenvalue weighted by Crippen LogP contribution is 2.18. The molecule has 0 saturated heterocycles. The van der Waals surface area contributed by atoms with Crippen LogP contribution in [0.3, 0.4) is 0 Å². The molecule has 1 aromatic carbocycles. The van der Waals surface area contributed by atoms with E-state index in [0.29, 0.717) is 0 Å². The molecule has 0 amide bonds. The summed E-state index contributed by atoms with van der Waals surface area (Å²) < 4.78 is 25.5. The monoisotopic (exact) mass is 271 g/mol. The highest BCUT2D eigenvalue weighted by Gasteiger charge is 2.26. The summed E-state index contributed by atoms with van der Waals surface area (Å²) in [6.45, 7) is 3.44. The lowest BCUT2D eigenvalue weighted by Gasteiger charge is -2.23. The number of hydrogen-bond donors (Lipinski definition) is 1. The number of carbonyl (C=O) groups is 1. The number of benzene rings is 1. The van der Waals surface area contributed by atoms with Crippen LogP contribution in [-0.4, -0.2) is 36.9 Å². The molecule has 100 valence electrons. The molecule has 0 bridgehead atoms. The highest BCUT2D eigenvalue weighted by atomic mass is 32.2. The fourth-order valence-electron chi connectivity index (χ4n) is 1.49. The van der Waals surface area contributed by atoms with Crippen molar-refractivity contribution in [2.45, 2.75) is 31.2 Å². The van der Waals surface area contributed by atoms with E-state index in [1.54, 1.807) is 19.1 Å². The number of nitrogens with zero attached hydrogens (tertiary/aromatic N) is 1. The van der Waals surface area contributed by atoms with Gasteiger partial charge in [-0.1, -0.05) is 17.7 Å². The maximum absolute atomic E-state index is 12.2. The summed E-state index contributed by atoms with van der Waals surface area (Å²) in [5.74, 6) is -1.02. The molecule has 0 spiro atoms. The van der Waals surface area contributed by atoms with Crippen LogP contribution in [0.25, 0.3) is 0 Å². The summed E-state index contributed by atoms with van der Waals surface area (Å²) in [6.07, 6.45) is -0.221. The Kier molecular flexibility index (Phi) is 4.48. The average Bonchev–Trinajstić information content (AvgIpc) is 2.27. The Morgan fingerprint density at radius 3 is 2.28 bits per heavy atom. The average molecular weight is 271 g/mol. The number of rotatable bonds is 5. The Balaban J connectivity index is 2.99. The first-order chi connectivity index (χ1) is 8.25. The van der Waals surface area contributed by atoms with Crippen LogP contribution >= 0.6 is 0 Å². The molecule has 0 heterocycles. The zero-order valence-electron chi connectivity index (χ0n) is 10.6. The topological polar surface area (TPSA) is 74.7 Å². The number of hydrogen-bond acceptors (Lipinski definition) is 3. The minimum Gasteiger partial charge on any atom is -0.481 e. The summed E-state index contributed by atoms with van der Waals surface area (Å²) in [6, 6.07) is 5.88. The van der Waals surface area contributed by atoms with Crippen LogP contribution in [-0.2, 0) is 14.8 Å². The lowest BCUT2D eigenvalue weighted by Crippen LogP contribution is -2.36. The number of sulfonamides is 1. The fraction of sp³-hybridized carbons (Fsp3) is 0.417. The molecule has 1 atom stereocenters. The van der Waals surface area contributed by atoms with Gasteiger partial charge in [-0.3, -0.25) is 4.79 Å². The molecular formula is C12H17NO4S. The van der Waals surface area contributed by atoms with E-state index in [0.717, 1.165) is 9.87 Å². The summed E-state index contributed by atoms with van der Waals surface area (Å²) >= 11 is 0. The Labute approximate surface area is 107 Å². The number of carboxylic acids is 1. The molecule has 0 aliphatic rings. The van der Waals surface area contributed by atoms with Crippen molar-refractivity contribution in [3.63, 3.8) is 0 Å². The van der Waals surface area contributed by atoms with E-state index in [-0.39, 0.29) is 11.3 Å². The first-order valence-corrected chi connectivity index (χ1v) is 6.95. The second-order valence-corrected chi connectivity index (χ2v) is 6.28. The second-order valence-electron chi connectivity index (χ2n) is 4.28. The highest BCUT2D eigenvalue weighted by molar-refractivity contribution is 7.89. The molecule has 18 heavy (non-hydrogen) atoms. The Bertz CT molecular complexity index is 522. The Morgan fingerprint density at radius 1 is 1.33 bits per heavy atom. The molecule has 1 unspecified atom stereocenters. The van der Waals surface area contributed by atoms with E-state index in [4.69, 9.17) is 5.11 Å². The SMILES string of the molecule is Cc1ccc(S(=O)(=O)N(C)C(C)CC(=O)O)cc1. The zero-order chi connectivity index (χ0) is 13.9. The van der Waals surface area contributed by atoms with Crippen LogP contribution in [0.1, 0.15) is 18.9 Å². The van der Waals surface area contributed by atoms with Gasteiger partial charge in [0.25, 0.3) is 0 Å². The molecule has 1 N–H and O–H groups in total. The number of carboxylic acid groups (broad SMARTS) is 1. The molecule has 0 radical (unpaired) electrons. The first-order valence-electron chi connectivity index (χ1n) is 5.51. The van der Waals surface area contributed by atoms with Gasteiger partial charge in [0, 0.05) is 13.1 Å². The largest absolute Gasteiger partial charge is 0.481 e. The maximum Gasteiger partial charge on any atom is 0.304 e. The predicted molar refractivity (Wildman–Crippen MR) is 67.8 cm³/mol. The van der Waals surface area contributed by atoms with Gasteiger partial charge in [0.1, 0.15) is 0 Å². The summed E-state index contributed by atoms with van der Waals surface area (Å²) in [5, 5.41) is 8.68. The van der Waals surface area contributed by atoms with Crippen molar-refractivity contribution in [2.24, 2.45) is 0 Å². The van der Waals surface area contributed by atoms with Gasteiger partial charge in [-0.25, -0.2) is 8.42 Å². The first kappa shape index (κ1) is 14.7. The van der Waals surface area contributed by atoms with Crippen LogP contribution in [0, 0.1) is 6.92 Å². The molecule has 0 aromatic heterocycles. The Morgan fingerprint density at radius 2 is 1.83 bits per heavy atom. The fourth-order valence-corrected chi connectivity index (χ4v) is 2.86. The van der Waals surface area contributed by atoms with E-state index in [9.17, 15) is 13.2 Å². The minimum absolute atomic E-state index is 0.174. The van der Waals surface area contributed by atoms with E-state index in [2.05, 4.69) is 0 Å². The van der Waals surface area contributed by atoms with Crippen molar-refractivity contribution in [3.05, 3.63) is 29.8 Å². The third-order valence-corrected chi connectivity index (χ3v) is 4.77. The quantitative estimate of drug-likeness (QED) is 0.880. The molecule has 5 nitrogen and oxygen atoms in total. The van der Waals surface area contributed by atoms with Crippen LogP contribution in [0.15, 0.2) is 29.2 Å². The van der Waals surface area contributed by atoms with Crippen molar-refractivity contribution in [2.75, 3.05) is 7.05 Å². The standard InChI is InChI=1S/C12H17NO4S/c1-9-4-6-11(7-5-9)18(16,17)13(3)10(2)8-12(14)15/h4-7,10H,8H2,1-3H3,(H,14,15). The molecular weight excluding hydrogens is 254 g/mol. The lowest BCUT2D eigenvalue weighted by molar-refractivity contribution is -0.137. The van der Waals surface area contributed by atoms with Crippen molar-refractivity contribution < 1.29 is 18.3 Å². The predicted octanol–water partition coefficient (Wildman–Crippen LogP) is 1.48. The lowest BCUT2D eigenvalue weighted by atomic mass is 10.2. The van der Waals surface area contributed by atoms with Crippen molar-refractivity contribution in [1.29, 1.82) is 0 Å². The number of aliphatic carboxylic acids is 1. The van der Waals surface area contributed by atoms with Gasteiger partial charge in [-0.05, 0) is 26.0 Å². The summed E-state index contributed by atoms with van der Waals surface area (Å²) in [7, 11) is -2.24. The van der Waals surface area contributed by atoms with Crippen LogP contribution in [0.5, 0.6) is 0 Å². The molecule has 1 rings (SSSR count). The van der Waals surface area contributed by atoms with Crippen LogP contribution in [0.4, 0.5) is 0 Å². The van der Waals surface area contributed by atoms with Crippen molar-refractivity contribution in [3.8, 4) is 0 Å². The van der Waals surface area contributed by atoms with Gasteiger partial charge < -0.3 is 5.11 Å². The van der Waals surface area contributed by atoms with E-state index in [1.165, 1.54) is 19.2 Å². The normalized spacial score (nSPS) is 13.6. The summed E-state index contributed by atoms with van der Waals surface area (Å²) in [4.78, 5) is 10.8.